The van der Waals surface area contributed by atoms with Crippen molar-refractivity contribution >= 4 is 34.8 Å². The van der Waals surface area contributed by atoms with Crippen molar-refractivity contribution in [3.8, 4) is 0 Å². The maximum Gasteiger partial charge on any atom is 0.244 e. The van der Waals surface area contributed by atoms with E-state index in [0.29, 0.717) is 28.7 Å². The van der Waals surface area contributed by atoms with Crippen molar-refractivity contribution in [2.24, 2.45) is 5.73 Å². The third-order valence-corrected chi connectivity index (χ3v) is 2.99. The SMILES string of the molecule is N[C@H]1CCN(c2ccc(Cl)cc2Cl)C1=O. The summed E-state index contributed by atoms with van der Waals surface area (Å²) in [5.41, 5.74) is 6.31. The average molecular weight is 245 g/mol. The minimum absolute atomic E-state index is 0.0841. The third-order valence-electron chi connectivity index (χ3n) is 2.45. The lowest BCUT2D eigenvalue weighted by molar-refractivity contribution is -0.118. The Morgan fingerprint density at radius 2 is 2.13 bits per heavy atom. The van der Waals surface area contributed by atoms with Crippen LogP contribution in [-0.4, -0.2) is 18.5 Å². The highest BCUT2D eigenvalue weighted by Gasteiger charge is 2.30. The zero-order valence-corrected chi connectivity index (χ0v) is 9.42. The molecule has 1 amide bonds. The summed E-state index contributed by atoms with van der Waals surface area (Å²) in [5.74, 6) is -0.0841. The summed E-state index contributed by atoms with van der Waals surface area (Å²) in [6.07, 6.45) is 0.664. The molecule has 1 aromatic carbocycles. The molecule has 0 bridgehead atoms. The molecule has 0 spiro atoms. The summed E-state index contributed by atoms with van der Waals surface area (Å²) in [6.45, 7) is 0.612. The zero-order valence-electron chi connectivity index (χ0n) is 7.91. The molecule has 15 heavy (non-hydrogen) atoms. The predicted octanol–water partition coefficient (Wildman–Crippen LogP) is 2.06. The van der Waals surface area contributed by atoms with Crippen LogP contribution in [0.2, 0.25) is 10.0 Å². The molecule has 1 aromatic rings. The molecule has 80 valence electrons. The highest BCUT2D eigenvalue weighted by atomic mass is 35.5. The number of nitrogens with zero attached hydrogens (tertiary/aromatic N) is 1. The van der Waals surface area contributed by atoms with Crippen LogP contribution in [0.1, 0.15) is 6.42 Å². The van der Waals surface area contributed by atoms with E-state index >= 15 is 0 Å². The Morgan fingerprint density at radius 1 is 1.40 bits per heavy atom. The topological polar surface area (TPSA) is 46.3 Å². The number of rotatable bonds is 1. The Hall–Kier alpha value is -0.770. The van der Waals surface area contributed by atoms with Crippen LogP contribution in [0, 0.1) is 0 Å². The van der Waals surface area contributed by atoms with Crippen molar-refractivity contribution in [2.75, 3.05) is 11.4 Å². The molecule has 1 aliphatic rings. The monoisotopic (exact) mass is 244 g/mol. The van der Waals surface area contributed by atoms with Crippen molar-refractivity contribution in [3.05, 3.63) is 28.2 Å². The second-order valence-electron chi connectivity index (χ2n) is 3.48. The van der Waals surface area contributed by atoms with E-state index in [1.54, 1.807) is 23.1 Å². The molecule has 1 aliphatic heterocycles. The first-order valence-corrected chi connectivity index (χ1v) is 5.37. The van der Waals surface area contributed by atoms with Gasteiger partial charge >= 0.3 is 0 Å². The van der Waals surface area contributed by atoms with Crippen molar-refractivity contribution in [1.82, 2.24) is 0 Å². The standard InChI is InChI=1S/C10H10Cl2N2O/c11-6-1-2-9(7(12)5-6)14-4-3-8(13)10(14)15/h1-2,5,8H,3-4,13H2/t8-/m0/s1. The number of benzene rings is 1. The van der Waals surface area contributed by atoms with Crippen molar-refractivity contribution in [1.29, 1.82) is 0 Å². The van der Waals surface area contributed by atoms with E-state index in [9.17, 15) is 4.79 Å². The first-order valence-electron chi connectivity index (χ1n) is 4.61. The van der Waals surface area contributed by atoms with Crippen LogP contribution >= 0.6 is 23.2 Å². The molecule has 0 unspecified atom stereocenters. The molecule has 5 heteroatoms. The zero-order chi connectivity index (χ0) is 11.0. The number of halogens is 2. The van der Waals surface area contributed by atoms with E-state index in [2.05, 4.69) is 0 Å². The lowest BCUT2D eigenvalue weighted by Crippen LogP contribution is -2.34. The molecule has 3 nitrogen and oxygen atoms in total. The van der Waals surface area contributed by atoms with Gasteiger partial charge in [-0.1, -0.05) is 23.2 Å². The van der Waals surface area contributed by atoms with E-state index in [0.717, 1.165) is 0 Å². The van der Waals surface area contributed by atoms with Gasteiger partial charge in [0.25, 0.3) is 0 Å². The summed E-state index contributed by atoms with van der Waals surface area (Å²) in [7, 11) is 0. The summed E-state index contributed by atoms with van der Waals surface area (Å²) in [6, 6.07) is 4.66. The van der Waals surface area contributed by atoms with Crippen LogP contribution < -0.4 is 10.6 Å². The summed E-state index contributed by atoms with van der Waals surface area (Å²) in [5, 5.41) is 1.03. The maximum absolute atomic E-state index is 11.7. The van der Waals surface area contributed by atoms with Crippen LogP contribution in [-0.2, 0) is 4.79 Å². The van der Waals surface area contributed by atoms with Crippen molar-refractivity contribution in [3.63, 3.8) is 0 Å². The molecular weight excluding hydrogens is 235 g/mol. The van der Waals surface area contributed by atoms with Gasteiger partial charge in [-0.05, 0) is 24.6 Å². The number of hydrogen-bond acceptors (Lipinski definition) is 2. The Bertz CT molecular complexity index is 408. The Kier molecular flexibility index (Phi) is 2.87. The Labute approximate surface area is 97.8 Å². The molecule has 1 saturated heterocycles. The fourth-order valence-electron chi connectivity index (χ4n) is 1.64. The molecule has 0 radical (unpaired) electrons. The van der Waals surface area contributed by atoms with Gasteiger partial charge in [-0.25, -0.2) is 0 Å². The van der Waals surface area contributed by atoms with Crippen LogP contribution in [0.3, 0.4) is 0 Å². The molecular formula is C10H10Cl2N2O. The van der Waals surface area contributed by atoms with Gasteiger partial charge in [-0.2, -0.15) is 0 Å². The number of amides is 1. The van der Waals surface area contributed by atoms with Gasteiger partial charge in [0.05, 0.1) is 16.8 Å². The molecule has 0 aliphatic carbocycles. The number of hydrogen-bond donors (Lipinski definition) is 1. The van der Waals surface area contributed by atoms with Crippen LogP contribution in [0.4, 0.5) is 5.69 Å². The van der Waals surface area contributed by atoms with Gasteiger partial charge < -0.3 is 10.6 Å². The molecule has 1 fully saturated rings. The largest absolute Gasteiger partial charge is 0.320 e. The molecule has 1 atom stereocenters. The van der Waals surface area contributed by atoms with Crippen molar-refractivity contribution in [2.45, 2.75) is 12.5 Å². The van der Waals surface area contributed by atoms with Crippen LogP contribution in [0.25, 0.3) is 0 Å². The second kappa shape index (κ2) is 4.00. The Balaban J connectivity index is 2.34. The molecule has 0 saturated carbocycles. The average Bonchev–Trinajstić information content (AvgIpc) is 2.49. The molecule has 1 heterocycles. The highest BCUT2D eigenvalue weighted by Crippen LogP contribution is 2.31. The number of nitrogens with two attached hydrogens (primary N) is 1. The summed E-state index contributed by atoms with van der Waals surface area (Å²) in [4.78, 5) is 13.3. The van der Waals surface area contributed by atoms with Gasteiger partial charge in [-0.3, -0.25) is 4.79 Å². The van der Waals surface area contributed by atoms with Gasteiger partial charge in [0, 0.05) is 11.6 Å². The van der Waals surface area contributed by atoms with E-state index in [1.807, 2.05) is 0 Å². The number of carbonyl (C=O) groups is 1. The smallest absolute Gasteiger partial charge is 0.244 e. The fourth-order valence-corrected chi connectivity index (χ4v) is 2.15. The predicted molar refractivity (Wildman–Crippen MR) is 61.4 cm³/mol. The molecule has 2 N–H and O–H groups in total. The van der Waals surface area contributed by atoms with Crippen LogP contribution in [0.15, 0.2) is 18.2 Å². The lowest BCUT2D eigenvalue weighted by atomic mass is 10.3. The minimum atomic E-state index is -0.406. The lowest BCUT2D eigenvalue weighted by Gasteiger charge is -2.17. The normalized spacial score (nSPS) is 21.1. The third kappa shape index (κ3) is 1.95. The first-order chi connectivity index (χ1) is 7.09. The Morgan fingerprint density at radius 3 is 2.67 bits per heavy atom. The summed E-state index contributed by atoms with van der Waals surface area (Å²) < 4.78 is 0. The highest BCUT2D eigenvalue weighted by molar-refractivity contribution is 6.36. The van der Waals surface area contributed by atoms with Gasteiger partial charge in [0.2, 0.25) is 5.91 Å². The number of carbonyl (C=O) groups excluding carboxylic acids is 1. The number of anilines is 1. The van der Waals surface area contributed by atoms with Crippen LogP contribution in [0.5, 0.6) is 0 Å². The maximum atomic E-state index is 11.7. The van der Waals surface area contributed by atoms with Gasteiger partial charge in [0.15, 0.2) is 0 Å². The summed E-state index contributed by atoms with van der Waals surface area (Å²) >= 11 is 11.8. The van der Waals surface area contributed by atoms with E-state index < -0.39 is 6.04 Å². The minimum Gasteiger partial charge on any atom is -0.320 e. The first kappa shape index (κ1) is 10.7. The molecule has 2 rings (SSSR count). The van der Waals surface area contributed by atoms with Crippen molar-refractivity contribution < 1.29 is 4.79 Å². The quantitative estimate of drug-likeness (QED) is 0.823. The fraction of sp³-hybridized carbons (Fsp3) is 0.300. The van der Waals surface area contributed by atoms with Gasteiger partial charge in [0.1, 0.15) is 0 Å². The molecule has 0 aromatic heterocycles. The van der Waals surface area contributed by atoms with E-state index in [1.165, 1.54) is 0 Å². The van der Waals surface area contributed by atoms with Gasteiger partial charge in [-0.15, -0.1) is 0 Å². The van der Waals surface area contributed by atoms with E-state index in [4.69, 9.17) is 28.9 Å². The van der Waals surface area contributed by atoms with E-state index in [-0.39, 0.29) is 5.91 Å². The second-order valence-corrected chi connectivity index (χ2v) is 4.32.